The lowest BCUT2D eigenvalue weighted by Crippen LogP contribution is -2.44. The van der Waals surface area contributed by atoms with Gasteiger partial charge in [-0.15, -0.1) is 0 Å². The van der Waals surface area contributed by atoms with Gasteiger partial charge in [0.25, 0.3) is 5.91 Å². The van der Waals surface area contributed by atoms with E-state index in [1.165, 1.54) is 12.1 Å². The van der Waals surface area contributed by atoms with Crippen LogP contribution in [0, 0.1) is 6.92 Å². The van der Waals surface area contributed by atoms with Gasteiger partial charge in [0.1, 0.15) is 0 Å². The van der Waals surface area contributed by atoms with E-state index in [0.29, 0.717) is 5.56 Å². The predicted molar refractivity (Wildman–Crippen MR) is 122 cm³/mol. The SMILES string of the molecule is C=C(C)Nc1cc(C(=O)Nc2ccc(CN3CCN(C)CC3)c(C(F)(F)F)c2)ccc1C. The van der Waals surface area contributed by atoms with Gasteiger partial charge in [0, 0.05) is 55.4 Å². The zero-order valence-electron chi connectivity index (χ0n) is 18.6. The summed E-state index contributed by atoms with van der Waals surface area (Å²) >= 11 is 0. The summed E-state index contributed by atoms with van der Waals surface area (Å²) in [6.07, 6.45) is -4.51. The monoisotopic (exact) mass is 446 g/mol. The average molecular weight is 447 g/mol. The summed E-state index contributed by atoms with van der Waals surface area (Å²) in [5, 5.41) is 5.68. The largest absolute Gasteiger partial charge is 0.416 e. The highest BCUT2D eigenvalue weighted by Crippen LogP contribution is 2.34. The first-order chi connectivity index (χ1) is 15.0. The first-order valence-electron chi connectivity index (χ1n) is 10.5. The smallest absolute Gasteiger partial charge is 0.359 e. The zero-order chi connectivity index (χ0) is 23.5. The Labute approximate surface area is 186 Å². The number of nitrogens with zero attached hydrogens (tertiary/aromatic N) is 2. The highest BCUT2D eigenvalue weighted by atomic mass is 19.4. The van der Waals surface area contributed by atoms with Crippen LogP contribution in [0.25, 0.3) is 0 Å². The van der Waals surface area contributed by atoms with Crippen molar-refractivity contribution in [2.45, 2.75) is 26.6 Å². The molecule has 1 amide bonds. The number of anilines is 2. The lowest BCUT2D eigenvalue weighted by atomic mass is 10.0. The standard InChI is InChI=1S/C24H29F3N4O/c1-16(2)28-22-13-18(6-5-17(22)3)23(32)29-20-8-7-19(21(14-20)24(25,26)27)15-31-11-9-30(4)10-12-31/h5-8,13-14,28H,1,9-12,15H2,2-4H3,(H,29,32). The fraction of sp³-hybridized carbons (Fsp3) is 0.375. The van der Waals surface area contributed by atoms with Crippen molar-refractivity contribution in [3.63, 3.8) is 0 Å². The highest BCUT2D eigenvalue weighted by Gasteiger charge is 2.34. The summed E-state index contributed by atoms with van der Waals surface area (Å²) in [6.45, 7) is 10.8. The molecule has 0 atom stereocenters. The second-order valence-electron chi connectivity index (χ2n) is 8.34. The van der Waals surface area contributed by atoms with E-state index in [2.05, 4.69) is 22.1 Å². The van der Waals surface area contributed by atoms with E-state index in [-0.39, 0.29) is 17.8 Å². The Morgan fingerprint density at radius 1 is 1.06 bits per heavy atom. The quantitative estimate of drug-likeness (QED) is 0.659. The molecule has 0 aliphatic carbocycles. The van der Waals surface area contributed by atoms with Crippen LogP contribution in [0.4, 0.5) is 24.5 Å². The zero-order valence-corrected chi connectivity index (χ0v) is 18.6. The predicted octanol–water partition coefficient (Wildman–Crippen LogP) is 4.96. The molecule has 1 saturated heterocycles. The lowest BCUT2D eigenvalue weighted by molar-refractivity contribution is -0.138. The topological polar surface area (TPSA) is 47.6 Å². The van der Waals surface area contributed by atoms with Gasteiger partial charge in [0.15, 0.2) is 0 Å². The first-order valence-corrected chi connectivity index (χ1v) is 10.5. The minimum absolute atomic E-state index is 0.111. The third-order valence-electron chi connectivity index (χ3n) is 5.51. The van der Waals surface area contributed by atoms with Crippen molar-refractivity contribution >= 4 is 17.3 Å². The van der Waals surface area contributed by atoms with Crippen LogP contribution in [0.2, 0.25) is 0 Å². The van der Waals surface area contributed by atoms with Gasteiger partial charge in [-0.1, -0.05) is 18.7 Å². The third kappa shape index (κ3) is 6.11. The molecule has 0 bridgehead atoms. The average Bonchev–Trinajstić information content (AvgIpc) is 2.71. The molecule has 1 aliphatic rings. The number of piperazine rings is 1. The molecule has 0 radical (unpaired) electrons. The Kier molecular flexibility index (Phi) is 7.26. The fourth-order valence-corrected chi connectivity index (χ4v) is 3.63. The molecule has 0 saturated carbocycles. The van der Waals surface area contributed by atoms with Gasteiger partial charge in [-0.3, -0.25) is 9.69 Å². The molecule has 1 aliphatic heterocycles. The second kappa shape index (κ2) is 9.75. The van der Waals surface area contributed by atoms with Crippen LogP contribution >= 0.6 is 0 Å². The van der Waals surface area contributed by atoms with Gasteiger partial charge in [-0.25, -0.2) is 0 Å². The number of allylic oxidation sites excluding steroid dienone is 1. The minimum atomic E-state index is -4.51. The fourth-order valence-electron chi connectivity index (χ4n) is 3.63. The molecule has 0 spiro atoms. The second-order valence-corrected chi connectivity index (χ2v) is 8.34. The van der Waals surface area contributed by atoms with E-state index in [9.17, 15) is 18.0 Å². The van der Waals surface area contributed by atoms with Crippen LogP contribution in [0.15, 0.2) is 48.7 Å². The van der Waals surface area contributed by atoms with E-state index < -0.39 is 17.6 Å². The van der Waals surface area contributed by atoms with Crippen molar-refractivity contribution in [1.82, 2.24) is 9.80 Å². The number of carbonyl (C=O) groups is 1. The number of alkyl halides is 3. The Hall–Kier alpha value is -2.84. The molecule has 172 valence electrons. The van der Waals surface area contributed by atoms with Crippen molar-refractivity contribution in [3.8, 4) is 0 Å². The Morgan fingerprint density at radius 2 is 1.75 bits per heavy atom. The number of likely N-dealkylation sites (N-methyl/N-ethyl adjacent to an activating group) is 1. The van der Waals surface area contributed by atoms with E-state index in [1.54, 1.807) is 25.1 Å². The molecule has 32 heavy (non-hydrogen) atoms. The Bertz CT molecular complexity index is 995. The number of benzene rings is 2. The van der Waals surface area contributed by atoms with Crippen LogP contribution in [-0.4, -0.2) is 48.9 Å². The summed E-state index contributed by atoms with van der Waals surface area (Å²) < 4.78 is 41.3. The van der Waals surface area contributed by atoms with E-state index in [4.69, 9.17) is 0 Å². The molecule has 2 aromatic carbocycles. The molecule has 2 N–H and O–H groups in total. The summed E-state index contributed by atoms with van der Waals surface area (Å²) in [4.78, 5) is 16.9. The summed E-state index contributed by atoms with van der Waals surface area (Å²) in [5.41, 5.74) is 2.32. The maximum Gasteiger partial charge on any atom is 0.416 e. The van der Waals surface area contributed by atoms with E-state index in [0.717, 1.165) is 49.2 Å². The van der Waals surface area contributed by atoms with E-state index >= 15 is 0 Å². The van der Waals surface area contributed by atoms with Crippen LogP contribution in [-0.2, 0) is 12.7 Å². The molecule has 5 nitrogen and oxygen atoms in total. The van der Waals surface area contributed by atoms with Crippen LogP contribution in [0.1, 0.15) is 34.0 Å². The maximum absolute atomic E-state index is 13.8. The van der Waals surface area contributed by atoms with Gasteiger partial charge >= 0.3 is 6.18 Å². The number of halogens is 3. The molecule has 2 aromatic rings. The van der Waals surface area contributed by atoms with Gasteiger partial charge in [-0.2, -0.15) is 13.2 Å². The van der Waals surface area contributed by atoms with Crippen molar-refractivity contribution in [2.75, 3.05) is 43.9 Å². The first kappa shape index (κ1) is 23.8. The van der Waals surface area contributed by atoms with Gasteiger partial charge in [0.05, 0.1) is 5.56 Å². The lowest BCUT2D eigenvalue weighted by Gasteiger charge is -2.33. The molecular formula is C24H29F3N4O. The van der Waals surface area contributed by atoms with Gasteiger partial charge in [0.2, 0.25) is 0 Å². The normalized spacial score (nSPS) is 15.4. The Balaban J connectivity index is 1.80. The molecular weight excluding hydrogens is 417 g/mol. The van der Waals surface area contributed by atoms with Crippen molar-refractivity contribution in [2.24, 2.45) is 0 Å². The summed E-state index contributed by atoms with van der Waals surface area (Å²) in [6, 6.07) is 9.08. The third-order valence-corrected chi connectivity index (χ3v) is 5.51. The van der Waals surface area contributed by atoms with Crippen molar-refractivity contribution in [1.29, 1.82) is 0 Å². The van der Waals surface area contributed by atoms with Crippen LogP contribution < -0.4 is 10.6 Å². The minimum Gasteiger partial charge on any atom is -0.359 e. The molecule has 0 unspecified atom stereocenters. The number of nitrogens with one attached hydrogen (secondary N) is 2. The van der Waals surface area contributed by atoms with Crippen LogP contribution in [0.5, 0.6) is 0 Å². The Morgan fingerprint density at radius 3 is 2.38 bits per heavy atom. The number of aryl methyl sites for hydroxylation is 1. The summed E-state index contributed by atoms with van der Waals surface area (Å²) in [7, 11) is 2.00. The van der Waals surface area contributed by atoms with E-state index in [1.807, 2.05) is 18.9 Å². The molecule has 0 aromatic heterocycles. The number of hydrogen-bond acceptors (Lipinski definition) is 4. The van der Waals surface area contributed by atoms with Gasteiger partial charge < -0.3 is 15.5 Å². The van der Waals surface area contributed by atoms with Crippen molar-refractivity contribution in [3.05, 3.63) is 70.9 Å². The maximum atomic E-state index is 13.8. The molecule has 1 heterocycles. The molecule has 3 rings (SSSR count). The number of amides is 1. The number of rotatable bonds is 6. The van der Waals surface area contributed by atoms with Gasteiger partial charge in [-0.05, 0) is 56.3 Å². The molecule has 1 fully saturated rings. The highest BCUT2D eigenvalue weighted by molar-refractivity contribution is 6.05. The summed E-state index contributed by atoms with van der Waals surface area (Å²) in [5.74, 6) is -0.477. The van der Waals surface area contributed by atoms with Crippen LogP contribution in [0.3, 0.4) is 0 Å². The van der Waals surface area contributed by atoms with Crippen molar-refractivity contribution < 1.29 is 18.0 Å². The molecule has 8 heteroatoms. The number of carbonyl (C=O) groups excluding carboxylic acids is 1. The number of hydrogen-bond donors (Lipinski definition) is 2.